The molecule has 2 N–H and O–H groups in total. The lowest BCUT2D eigenvalue weighted by Gasteiger charge is -2.13. The number of benzene rings is 1. The summed E-state index contributed by atoms with van der Waals surface area (Å²) in [7, 11) is 0. The van der Waals surface area contributed by atoms with Crippen LogP contribution in [-0.4, -0.2) is 40.3 Å². The van der Waals surface area contributed by atoms with Crippen LogP contribution < -0.4 is 10.6 Å². The number of hydrogen-bond donors (Lipinski definition) is 2. The molecule has 0 bridgehead atoms. The molecule has 8 heteroatoms. The van der Waals surface area contributed by atoms with Crippen LogP contribution in [0.15, 0.2) is 48.7 Å². The summed E-state index contributed by atoms with van der Waals surface area (Å²) in [6.45, 7) is -0.377. The summed E-state index contributed by atoms with van der Waals surface area (Å²) in [5.74, 6) is -0.925. The van der Waals surface area contributed by atoms with E-state index in [2.05, 4.69) is 15.6 Å². The highest BCUT2D eigenvalue weighted by atomic mass is 35.5. The molecule has 2 heterocycles. The monoisotopic (exact) mass is 372 g/mol. The zero-order chi connectivity index (χ0) is 18.5. The van der Waals surface area contributed by atoms with Crippen molar-refractivity contribution < 1.29 is 14.4 Å². The normalized spacial score (nSPS) is 16.5. The van der Waals surface area contributed by atoms with Gasteiger partial charge in [-0.3, -0.25) is 14.5 Å². The fourth-order valence-corrected chi connectivity index (χ4v) is 2.86. The van der Waals surface area contributed by atoms with E-state index >= 15 is 0 Å². The van der Waals surface area contributed by atoms with Crippen LogP contribution in [0.3, 0.4) is 0 Å². The van der Waals surface area contributed by atoms with Crippen molar-refractivity contribution in [3.8, 4) is 0 Å². The van der Waals surface area contributed by atoms with Gasteiger partial charge in [0.05, 0.1) is 5.69 Å². The molecular formula is C18H17ClN4O3. The van der Waals surface area contributed by atoms with E-state index in [1.54, 1.807) is 12.1 Å². The quantitative estimate of drug-likeness (QED) is 0.601. The van der Waals surface area contributed by atoms with Gasteiger partial charge in [0.25, 0.3) is 5.91 Å². The van der Waals surface area contributed by atoms with Gasteiger partial charge in [-0.05, 0) is 30.5 Å². The van der Waals surface area contributed by atoms with Crippen molar-refractivity contribution in [3.05, 3.63) is 59.4 Å². The van der Waals surface area contributed by atoms with Gasteiger partial charge in [-0.25, -0.2) is 9.78 Å². The minimum atomic E-state index is -0.627. The number of aromatic nitrogens is 1. The molecule has 0 aliphatic carbocycles. The number of imide groups is 1. The zero-order valence-electron chi connectivity index (χ0n) is 13.8. The lowest BCUT2D eigenvalue weighted by molar-refractivity contribution is -0.130. The molecule has 26 heavy (non-hydrogen) atoms. The van der Waals surface area contributed by atoms with Gasteiger partial charge in [0.15, 0.2) is 5.15 Å². The van der Waals surface area contributed by atoms with Crippen LogP contribution >= 0.6 is 11.6 Å². The SMILES string of the molecule is O=C(CN1C(=O)NC(CCc2ccccc2)C1=O)Nc1cccnc1Cl. The molecule has 0 saturated carbocycles. The maximum atomic E-state index is 12.4. The smallest absolute Gasteiger partial charge is 0.325 e. The van der Waals surface area contributed by atoms with Crippen molar-refractivity contribution >= 4 is 35.1 Å². The van der Waals surface area contributed by atoms with Crippen molar-refractivity contribution in [1.82, 2.24) is 15.2 Å². The Balaban J connectivity index is 1.56. The third kappa shape index (κ3) is 4.18. The molecule has 0 radical (unpaired) electrons. The Morgan fingerprint density at radius 1 is 1.19 bits per heavy atom. The van der Waals surface area contributed by atoms with Crippen LogP contribution in [-0.2, 0) is 16.0 Å². The summed E-state index contributed by atoms with van der Waals surface area (Å²) in [5, 5.41) is 5.31. The number of aryl methyl sites for hydroxylation is 1. The summed E-state index contributed by atoms with van der Waals surface area (Å²) in [6, 6.07) is 11.7. The number of rotatable bonds is 6. The number of halogens is 1. The summed E-state index contributed by atoms with van der Waals surface area (Å²) in [6.07, 6.45) is 2.62. The molecule has 1 aliphatic heterocycles. The zero-order valence-corrected chi connectivity index (χ0v) is 14.6. The van der Waals surface area contributed by atoms with E-state index in [-0.39, 0.29) is 11.7 Å². The van der Waals surface area contributed by atoms with Crippen molar-refractivity contribution in [2.24, 2.45) is 0 Å². The number of nitrogens with one attached hydrogen (secondary N) is 2. The first kappa shape index (κ1) is 17.9. The molecular weight excluding hydrogens is 356 g/mol. The number of carbonyl (C=O) groups is 3. The number of urea groups is 1. The lowest BCUT2D eigenvalue weighted by Crippen LogP contribution is -2.38. The van der Waals surface area contributed by atoms with Gasteiger partial charge in [0.2, 0.25) is 5.91 Å². The molecule has 2 aromatic rings. The maximum absolute atomic E-state index is 12.4. The minimum Gasteiger partial charge on any atom is -0.326 e. The maximum Gasteiger partial charge on any atom is 0.325 e. The van der Waals surface area contributed by atoms with Gasteiger partial charge in [0.1, 0.15) is 12.6 Å². The molecule has 1 fully saturated rings. The fourth-order valence-electron chi connectivity index (χ4n) is 2.69. The second kappa shape index (κ2) is 7.97. The molecule has 1 atom stereocenters. The Hall–Kier alpha value is -2.93. The van der Waals surface area contributed by atoms with Gasteiger partial charge in [-0.1, -0.05) is 41.9 Å². The van der Waals surface area contributed by atoms with E-state index in [1.165, 1.54) is 6.20 Å². The average Bonchev–Trinajstić information content (AvgIpc) is 2.90. The largest absolute Gasteiger partial charge is 0.326 e. The fraction of sp³-hybridized carbons (Fsp3) is 0.222. The van der Waals surface area contributed by atoms with E-state index in [4.69, 9.17) is 11.6 Å². The van der Waals surface area contributed by atoms with Crippen LogP contribution in [0.2, 0.25) is 5.15 Å². The first-order valence-corrected chi connectivity index (χ1v) is 8.48. The predicted molar refractivity (Wildman–Crippen MR) is 96.7 cm³/mol. The first-order chi connectivity index (χ1) is 12.5. The number of hydrogen-bond acceptors (Lipinski definition) is 4. The van der Waals surface area contributed by atoms with Crippen molar-refractivity contribution in [2.75, 3.05) is 11.9 Å². The molecule has 1 saturated heterocycles. The van der Waals surface area contributed by atoms with E-state index in [0.717, 1.165) is 10.5 Å². The van der Waals surface area contributed by atoms with Crippen LogP contribution in [0.5, 0.6) is 0 Å². The molecule has 3 rings (SSSR count). The van der Waals surface area contributed by atoms with Crippen LogP contribution in [0, 0.1) is 0 Å². The average molecular weight is 373 g/mol. The molecule has 1 unspecified atom stereocenters. The highest BCUT2D eigenvalue weighted by molar-refractivity contribution is 6.32. The Bertz CT molecular complexity index is 828. The molecule has 1 aromatic carbocycles. The topological polar surface area (TPSA) is 91.4 Å². The number of nitrogens with zero attached hydrogens (tertiary/aromatic N) is 2. The van der Waals surface area contributed by atoms with Crippen LogP contribution in [0.4, 0.5) is 10.5 Å². The highest BCUT2D eigenvalue weighted by Crippen LogP contribution is 2.18. The number of carbonyl (C=O) groups excluding carboxylic acids is 3. The Morgan fingerprint density at radius 2 is 1.96 bits per heavy atom. The number of anilines is 1. The number of amides is 4. The van der Waals surface area contributed by atoms with Crippen LogP contribution in [0.1, 0.15) is 12.0 Å². The summed E-state index contributed by atoms with van der Waals surface area (Å²) < 4.78 is 0. The second-order valence-electron chi connectivity index (χ2n) is 5.84. The molecule has 4 amide bonds. The van der Waals surface area contributed by atoms with E-state index in [1.807, 2.05) is 30.3 Å². The van der Waals surface area contributed by atoms with Gasteiger partial charge < -0.3 is 10.6 Å². The molecule has 0 spiro atoms. The predicted octanol–water partition coefficient (Wildman–Crippen LogP) is 2.23. The summed E-state index contributed by atoms with van der Waals surface area (Å²) in [4.78, 5) is 41.3. The van der Waals surface area contributed by atoms with Gasteiger partial charge >= 0.3 is 6.03 Å². The van der Waals surface area contributed by atoms with E-state index in [9.17, 15) is 14.4 Å². The second-order valence-corrected chi connectivity index (χ2v) is 6.20. The number of pyridine rings is 1. The Kier molecular flexibility index (Phi) is 5.48. The van der Waals surface area contributed by atoms with Gasteiger partial charge in [0, 0.05) is 6.20 Å². The highest BCUT2D eigenvalue weighted by Gasteiger charge is 2.38. The minimum absolute atomic E-state index is 0.138. The standard InChI is InChI=1S/C18H17ClN4O3/c19-16-13(7-4-10-20-16)21-15(24)11-23-17(25)14(22-18(23)26)9-8-12-5-2-1-3-6-12/h1-7,10,14H,8-9,11H2,(H,21,24)(H,22,26). The van der Waals surface area contributed by atoms with Crippen molar-refractivity contribution in [2.45, 2.75) is 18.9 Å². The van der Waals surface area contributed by atoms with Crippen LogP contribution in [0.25, 0.3) is 0 Å². The Morgan fingerprint density at radius 3 is 2.69 bits per heavy atom. The third-order valence-electron chi connectivity index (χ3n) is 4.01. The molecule has 1 aromatic heterocycles. The first-order valence-electron chi connectivity index (χ1n) is 8.11. The van der Waals surface area contributed by atoms with Gasteiger partial charge in [-0.2, -0.15) is 0 Å². The molecule has 1 aliphatic rings. The summed E-state index contributed by atoms with van der Waals surface area (Å²) in [5.41, 5.74) is 1.41. The van der Waals surface area contributed by atoms with Gasteiger partial charge in [-0.15, -0.1) is 0 Å². The van der Waals surface area contributed by atoms with Crippen molar-refractivity contribution in [3.63, 3.8) is 0 Å². The lowest BCUT2D eigenvalue weighted by atomic mass is 10.1. The molecule has 134 valence electrons. The van der Waals surface area contributed by atoms with Crippen molar-refractivity contribution in [1.29, 1.82) is 0 Å². The third-order valence-corrected chi connectivity index (χ3v) is 4.31. The van der Waals surface area contributed by atoms with E-state index in [0.29, 0.717) is 18.5 Å². The summed E-state index contributed by atoms with van der Waals surface area (Å²) >= 11 is 5.88. The molecule has 7 nitrogen and oxygen atoms in total. The van der Waals surface area contributed by atoms with E-state index < -0.39 is 23.9 Å². The Labute approximate surface area is 155 Å².